The molecule has 2 aliphatic rings. The highest BCUT2D eigenvalue weighted by Crippen LogP contribution is 2.33. The molecule has 234 valence electrons. The number of unbranched alkanes of at least 4 members (excludes halogenated alkanes) is 7. The van der Waals surface area contributed by atoms with E-state index in [1.54, 1.807) is 0 Å². The summed E-state index contributed by atoms with van der Waals surface area (Å²) < 4.78 is 0. The van der Waals surface area contributed by atoms with Gasteiger partial charge in [0.15, 0.2) is 0 Å². The zero-order valence-corrected chi connectivity index (χ0v) is 25.3. The van der Waals surface area contributed by atoms with Crippen molar-refractivity contribution in [3.05, 3.63) is 0 Å². The minimum Gasteiger partial charge on any atom is -0.481 e. The van der Waals surface area contributed by atoms with Gasteiger partial charge in [-0.2, -0.15) is 11.8 Å². The monoisotopic (exact) mass is 592 g/mol. The van der Waals surface area contributed by atoms with Crippen molar-refractivity contribution >= 4 is 41.7 Å². The first-order valence-corrected chi connectivity index (χ1v) is 15.6. The van der Waals surface area contributed by atoms with E-state index in [9.17, 15) is 24.0 Å². The van der Waals surface area contributed by atoms with Crippen LogP contribution >= 0.6 is 11.8 Å². The summed E-state index contributed by atoms with van der Waals surface area (Å²) in [6, 6.07) is 0.440. The van der Waals surface area contributed by atoms with E-state index in [2.05, 4.69) is 31.4 Å². The first kappa shape index (κ1) is 39.6. The van der Waals surface area contributed by atoms with Crippen LogP contribution in [0, 0.1) is 0 Å². The second-order valence-electron chi connectivity index (χ2n) is 9.81. The molecule has 0 aromatic carbocycles. The number of carboxylic acids is 4. The Kier molecular flexibility index (Phi) is 26.5. The molecule has 3 atom stereocenters. The van der Waals surface area contributed by atoms with Gasteiger partial charge in [-0.1, -0.05) is 65.7 Å². The zero-order chi connectivity index (χ0) is 30.8. The first-order valence-electron chi connectivity index (χ1n) is 14.5. The van der Waals surface area contributed by atoms with Crippen molar-refractivity contribution in [2.24, 2.45) is 0 Å². The molecule has 0 aromatic heterocycles. The third-order valence-electron chi connectivity index (χ3n) is 6.05. The molecule has 0 aromatic rings. The molecule has 0 bridgehead atoms. The molecule has 0 saturated carbocycles. The highest BCUT2D eigenvalue weighted by Gasteiger charge is 2.42. The van der Waals surface area contributed by atoms with Crippen molar-refractivity contribution in [1.82, 2.24) is 10.6 Å². The molecule has 12 heteroatoms. The summed E-state index contributed by atoms with van der Waals surface area (Å²) in [4.78, 5) is 51.1. The lowest BCUT2D eigenvalue weighted by molar-refractivity contribution is -0.138. The number of urea groups is 1. The van der Waals surface area contributed by atoms with Gasteiger partial charge in [0.2, 0.25) is 0 Å². The molecule has 6 N–H and O–H groups in total. The van der Waals surface area contributed by atoms with Crippen LogP contribution in [0.2, 0.25) is 0 Å². The lowest BCUT2D eigenvalue weighted by Crippen LogP contribution is -2.36. The van der Waals surface area contributed by atoms with E-state index in [0.29, 0.717) is 24.5 Å². The number of carboxylic acid groups (broad SMARTS) is 4. The van der Waals surface area contributed by atoms with Crippen LogP contribution in [0.1, 0.15) is 124 Å². The Hall–Kier alpha value is -2.50. The quantitative estimate of drug-likeness (QED) is 0.0895. The van der Waals surface area contributed by atoms with Crippen molar-refractivity contribution in [3.8, 4) is 0 Å². The molecular formula is C28H52N2O9S. The summed E-state index contributed by atoms with van der Waals surface area (Å²) in [5, 5.41) is 39.2. The van der Waals surface area contributed by atoms with Gasteiger partial charge in [0.25, 0.3) is 0 Å². The standard InChI is InChI=1S/C10H16N2O3S.3C6H12O2/c13-8(14)4-2-1-3-7-9-6(5-16-7)11-10(15)12-9;3*1-2-3-4-5-6(7)8/h6-7,9H,1-5H2,(H,13,14)(H2,11,12,15);3*2-5H2,1H3,(H,7,8)/t6-,7-,9-;;;/m0.../s1. The fourth-order valence-corrected chi connectivity index (χ4v) is 5.39. The SMILES string of the molecule is CCCCCC(=O)O.CCCCCC(=O)O.CCCCCC(=O)O.O=C(O)CCCC[C@@H]1SC[C@@H]2NC(=O)N[C@@H]21. The predicted molar refractivity (Wildman–Crippen MR) is 157 cm³/mol. The maximum atomic E-state index is 11.1. The van der Waals surface area contributed by atoms with E-state index in [4.69, 9.17) is 20.4 Å². The van der Waals surface area contributed by atoms with Crippen LogP contribution < -0.4 is 10.6 Å². The number of aliphatic carboxylic acids is 4. The smallest absolute Gasteiger partial charge is 0.315 e. The van der Waals surface area contributed by atoms with Gasteiger partial charge in [-0.15, -0.1) is 0 Å². The summed E-state index contributed by atoms with van der Waals surface area (Å²) in [6.07, 6.45) is 12.7. The van der Waals surface area contributed by atoms with E-state index < -0.39 is 23.9 Å². The van der Waals surface area contributed by atoms with Crippen LogP contribution in [0.15, 0.2) is 0 Å². The molecule has 2 aliphatic heterocycles. The van der Waals surface area contributed by atoms with E-state index in [0.717, 1.165) is 82.8 Å². The number of hydrogen-bond donors (Lipinski definition) is 6. The third-order valence-corrected chi connectivity index (χ3v) is 7.56. The van der Waals surface area contributed by atoms with Crippen LogP contribution in [0.5, 0.6) is 0 Å². The lowest BCUT2D eigenvalue weighted by Gasteiger charge is -2.16. The number of fused-ring (bicyclic) bond motifs is 1. The maximum Gasteiger partial charge on any atom is 0.315 e. The molecule has 40 heavy (non-hydrogen) atoms. The number of nitrogens with one attached hydrogen (secondary N) is 2. The topological polar surface area (TPSA) is 190 Å². The Balaban J connectivity index is 0. The highest BCUT2D eigenvalue weighted by atomic mass is 32.2. The number of hydrogen-bond acceptors (Lipinski definition) is 6. The van der Waals surface area contributed by atoms with E-state index in [-0.39, 0.29) is 24.5 Å². The predicted octanol–water partition coefficient (Wildman–Crippen LogP) is 5.75. The largest absolute Gasteiger partial charge is 0.481 e. The van der Waals surface area contributed by atoms with Gasteiger partial charge in [-0.05, 0) is 32.1 Å². The molecule has 2 rings (SSSR count). The maximum absolute atomic E-state index is 11.1. The third kappa shape index (κ3) is 25.8. The molecular weight excluding hydrogens is 540 g/mol. The number of carbonyl (C=O) groups is 5. The highest BCUT2D eigenvalue weighted by molar-refractivity contribution is 8.00. The first-order chi connectivity index (χ1) is 19.0. The van der Waals surface area contributed by atoms with Crippen LogP contribution in [0.3, 0.4) is 0 Å². The van der Waals surface area contributed by atoms with Gasteiger partial charge >= 0.3 is 29.9 Å². The summed E-state index contributed by atoms with van der Waals surface area (Å²) in [5.41, 5.74) is 0. The molecule has 11 nitrogen and oxygen atoms in total. The van der Waals surface area contributed by atoms with Gasteiger partial charge in [0.1, 0.15) is 0 Å². The molecule has 2 heterocycles. The molecule has 0 radical (unpaired) electrons. The van der Waals surface area contributed by atoms with Gasteiger partial charge in [0, 0.05) is 36.7 Å². The fraction of sp³-hybridized carbons (Fsp3) is 0.821. The van der Waals surface area contributed by atoms with Crippen molar-refractivity contribution in [2.45, 2.75) is 141 Å². The summed E-state index contributed by atoms with van der Waals surface area (Å²) in [7, 11) is 0. The van der Waals surface area contributed by atoms with Crippen molar-refractivity contribution in [2.75, 3.05) is 5.75 Å². The molecule has 2 amide bonds. The van der Waals surface area contributed by atoms with Crippen molar-refractivity contribution < 1.29 is 44.4 Å². The van der Waals surface area contributed by atoms with Gasteiger partial charge in [-0.3, -0.25) is 19.2 Å². The Morgan fingerprint density at radius 3 is 1.38 bits per heavy atom. The second kappa shape index (κ2) is 26.7. The van der Waals surface area contributed by atoms with Crippen LogP contribution in [-0.4, -0.2) is 73.4 Å². The normalized spacial score (nSPS) is 18.3. The van der Waals surface area contributed by atoms with E-state index in [1.807, 2.05) is 11.8 Å². The van der Waals surface area contributed by atoms with Crippen molar-refractivity contribution in [3.63, 3.8) is 0 Å². The van der Waals surface area contributed by atoms with E-state index >= 15 is 0 Å². The van der Waals surface area contributed by atoms with Gasteiger partial charge in [-0.25, -0.2) is 4.79 Å². The molecule has 2 fully saturated rings. The number of thioether (sulfide) groups is 1. The number of rotatable bonds is 17. The number of amides is 2. The minimum absolute atomic E-state index is 0.0640. The summed E-state index contributed by atoms with van der Waals surface area (Å²) >= 11 is 1.87. The van der Waals surface area contributed by atoms with Gasteiger partial charge in [0.05, 0.1) is 12.1 Å². The Labute approximate surface area is 243 Å². The van der Waals surface area contributed by atoms with Crippen LogP contribution in [0.4, 0.5) is 4.79 Å². The van der Waals surface area contributed by atoms with Crippen LogP contribution in [0.25, 0.3) is 0 Å². The summed E-state index contributed by atoms with van der Waals surface area (Å²) in [6.45, 7) is 6.17. The van der Waals surface area contributed by atoms with Gasteiger partial charge < -0.3 is 31.1 Å². The lowest BCUT2D eigenvalue weighted by atomic mass is 10.0. The minimum atomic E-state index is -0.729. The van der Waals surface area contributed by atoms with E-state index in [1.165, 1.54) is 0 Å². The summed E-state index contributed by atoms with van der Waals surface area (Å²) in [5.74, 6) is -1.81. The number of carbonyl (C=O) groups excluding carboxylic acids is 1. The van der Waals surface area contributed by atoms with Crippen LogP contribution in [-0.2, 0) is 19.2 Å². The Bertz CT molecular complexity index is 674. The second-order valence-corrected chi connectivity index (χ2v) is 11.1. The van der Waals surface area contributed by atoms with Crippen molar-refractivity contribution in [1.29, 1.82) is 0 Å². The average molecular weight is 593 g/mol. The fourth-order valence-electron chi connectivity index (χ4n) is 3.84. The average Bonchev–Trinajstić information content (AvgIpc) is 3.42. The molecule has 2 saturated heterocycles. The zero-order valence-electron chi connectivity index (χ0n) is 24.5. The molecule has 0 spiro atoms. The molecule has 0 aliphatic carbocycles. The Morgan fingerprint density at radius 1 is 0.650 bits per heavy atom. The molecule has 0 unspecified atom stereocenters. The Morgan fingerprint density at radius 2 is 1.02 bits per heavy atom.